The zero-order valence-corrected chi connectivity index (χ0v) is 18.2. The van der Waals surface area contributed by atoms with Gasteiger partial charge >= 0.3 is 0 Å². The van der Waals surface area contributed by atoms with Crippen LogP contribution in [-0.2, 0) is 6.54 Å². The molecule has 0 spiro atoms. The van der Waals surface area contributed by atoms with E-state index in [1.807, 2.05) is 12.1 Å². The van der Waals surface area contributed by atoms with Gasteiger partial charge < -0.3 is 24.0 Å². The van der Waals surface area contributed by atoms with Crippen molar-refractivity contribution in [2.24, 2.45) is 0 Å². The molecule has 2 fully saturated rings. The third-order valence-corrected chi connectivity index (χ3v) is 6.31. The van der Waals surface area contributed by atoms with Gasteiger partial charge in [-0.25, -0.2) is 0 Å². The fourth-order valence-electron chi connectivity index (χ4n) is 4.58. The van der Waals surface area contributed by atoms with Crippen molar-refractivity contribution < 1.29 is 23.9 Å². The van der Waals surface area contributed by atoms with E-state index in [0.29, 0.717) is 13.1 Å². The highest BCUT2D eigenvalue weighted by atomic mass is 16.5. The number of aliphatic hydroxyl groups is 1. The molecule has 1 aromatic heterocycles. The summed E-state index contributed by atoms with van der Waals surface area (Å²) in [4.78, 5) is 16.7. The van der Waals surface area contributed by atoms with Gasteiger partial charge in [-0.3, -0.25) is 9.69 Å². The molecular weight excluding hydrogens is 398 g/mol. The first-order valence-electron chi connectivity index (χ1n) is 10.9. The number of para-hydroxylation sites is 1. The van der Waals surface area contributed by atoms with Crippen molar-refractivity contribution in [3.8, 4) is 11.5 Å². The predicted molar refractivity (Wildman–Crippen MR) is 114 cm³/mol. The van der Waals surface area contributed by atoms with Crippen LogP contribution in [0.1, 0.15) is 53.4 Å². The van der Waals surface area contributed by atoms with Gasteiger partial charge in [0, 0.05) is 37.2 Å². The number of hydrogen-bond acceptors (Lipinski definition) is 7. The number of carbonyl (C=O) groups excluding carboxylic acids is 1. The number of rotatable bonds is 6. The van der Waals surface area contributed by atoms with Crippen molar-refractivity contribution in [3.05, 3.63) is 41.3 Å². The molecule has 0 unspecified atom stereocenters. The highest BCUT2D eigenvalue weighted by Gasteiger charge is 2.29. The van der Waals surface area contributed by atoms with Gasteiger partial charge in [0.25, 0.3) is 5.91 Å². The Bertz CT molecular complexity index is 891. The van der Waals surface area contributed by atoms with Crippen molar-refractivity contribution in [2.45, 2.75) is 44.2 Å². The number of ether oxygens (including phenoxy) is 2. The minimum absolute atomic E-state index is 0.181. The van der Waals surface area contributed by atoms with Gasteiger partial charge in [0.05, 0.1) is 26.0 Å². The maximum Gasteiger partial charge on any atom is 0.292 e. The molecule has 1 aromatic carbocycles. The number of benzene rings is 1. The van der Waals surface area contributed by atoms with Crippen LogP contribution in [0.25, 0.3) is 0 Å². The van der Waals surface area contributed by atoms with E-state index in [0.717, 1.165) is 68.1 Å². The van der Waals surface area contributed by atoms with E-state index in [9.17, 15) is 9.90 Å². The van der Waals surface area contributed by atoms with E-state index in [1.165, 1.54) is 0 Å². The summed E-state index contributed by atoms with van der Waals surface area (Å²) < 4.78 is 16.3. The standard InChI is InChI=1S/C23H31N3O5/c1-29-20-7-3-5-17(22(20)30-2)14-25-11-8-16(9-12-25)19-13-21(31-24-19)23(28)26-10-4-6-18(27)15-26/h3,5,7,13,16,18,27H,4,6,8-12,14-15H2,1-2H3/t18-/m1/s1. The molecule has 168 valence electrons. The SMILES string of the molecule is COc1cccc(CN2CCC(c3cc(C(=O)N4CCC[C@@H](O)C4)on3)CC2)c1OC. The number of methoxy groups -OCH3 is 2. The van der Waals surface area contributed by atoms with Gasteiger partial charge in [0.15, 0.2) is 11.5 Å². The number of amides is 1. The molecular formula is C23H31N3O5. The van der Waals surface area contributed by atoms with E-state index in [1.54, 1.807) is 25.2 Å². The third kappa shape index (κ3) is 4.85. The molecule has 8 nitrogen and oxygen atoms in total. The number of likely N-dealkylation sites (tertiary alicyclic amines) is 2. The maximum atomic E-state index is 12.7. The molecule has 1 atom stereocenters. The van der Waals surface area contributed by atoms with E-state index in [4.69, 9.17) is 14.0 Å². The number of β-amino-alcohol motifs (C(OH)–C–C–N with tert-alkyl or cyclic N) is 1. The van der Waals surface area contributed by atoms with Crippen LogP contribution in [0.15, 0.2) is 28.8 Å². The number of aliphatic hydroxyl groups excluding tert-OH is 1. The van der Waals surface area contributed by atoms with Crippen LogP contribution in [0.2, 0.25) is 0 Å². The molecule has 2 aromatic rings. The molecule has 0 radical (unpaired) electrons. The second kappa shape index (κ2) is 9.70. The Labute approximate surface area is 182 Å². The molecule has 3 heterocycles. The third-order valence-electron chi connectivity index (χ3n) is 6.31. The Hall–Kier alpha value is -2.58. The molecule has 0 aliphatic carbocycles. The fourth-order valence-corrected chi connectivity index (χ4v) is 4.58. The summed E-state index contributed by atoms with van der Waals surface area (Å²) in [6.07, 6.45) is 3.01. The lowest BCUT2D eigenvalue weighted by molar-refractivity contribution is 0.0441. The fraction of sp³-hybridized carbons (Fsp3) is 0.565. The van der Waals surface area contributed by atoms with Crippen molar-refractivity contribution in [2.75, 3.05) is 40.4 Å². The van der Waals surface area contributed by atoms with Crippen molar-refractivity contribution in [3.63, 3.8) is 0 Å². The van der Waals surface area contributed by atoms with Gasteiger partial charge in [0.1, 0.15) is 0 Å². The largest absolute Gasteiger partial charge is 0.493 e. The van der Waals surface area contributed by atoms with Crippen LogP contribution >= 0.6 is 0 Å². The van der Waals surface area contributed by atoms with Crippen molar-refractivity contribution >= 4 is 5.91 Å². The Kier molecular flexibility index (Phi) is 6.77. The van der Waals surface area contributed by atoms with E-state index in [-0.39, 0.29) is 17.6 Å². The molecule has 2 aliphatic rings. The number of aromatic nitrogens is 1. The Morgan fingerprint density at radius 3 is 2.71 bits per heavy atom. The molecule has 0 saturated carbocycles. The summed E-state index contributed by atoms with van der Waals surface area (Å²) >= 11 is 0. The molecule has 1 N–H and O–H groups in total. The lowest BCUT2D eigenvalue weighted by Crippen LogP contribution is -2.42. The summed E-state index contributed by atoms with van der Waals surface area (Å²) in [6.45, 7) is 3.67. The van der Waals surface area contributed by atoms with Gasteiger partial charge in [-0.1, -0.05) is 17.3 Å². The lowest BCUT2D eigenvalue weighted by Gasteiger charge is -2.31. The average molecular weight is 430 g/mol. The minimum atomic E-state index is -0.451. The van der Waals surface area contributed by atoms with E-state index in [2.05, 4.69) is 16.1 Å². The van der Waals surface area contributed by atoms with Gasteiger partial charge in [-0.2, -0.15) is 0 Å². The van der Waals surface area contributed by atoms with E-state index >= 15 is 0 Å². The maximum absolute atomic E-state index is 12.7. The van der Waals surface area contributed by atoms with Crippen molar-refractivity contribution in [1.82, 2.24) is 15.0 Å². The summed E-state index contributed by atoms with van der Waals surface area (Å²) in [6, 6.07) is 7.75. The summed E-state index contributed by atoms with van der Waals surface area (Å²) in [7, 11) is 3.32. The molecule has 4 rings (SSSR count). The minimum Gasteiger partial charge on any atom is -0.493 e. The molecule has 2 saturated heterocycles. The average Bonchev–Trinajstić information content (AvgIpc) is 3.29. The Balaban J connectivity index is 1.34. The highest BCUT2D eigenvalue weighted by molar-refractivity contribution is 5.91. The first-order chi connectivity index (χ1) is 15.1. The lowest BCUT2D eigenvalue weighted by atomic mass is 9.93. The summed E-state index contributed by atoms with van der Waals surface area (Å²) in [5.41, 5.74) is 1.96. The smallest absolute Gasteiger partial charge is 0.292 e. The Morgan fingerprint density at radius 1 is 1.19 bits per heavy atom. The van der Waals surface area contributed by atoms with E-state index < -0.39 is 6.10 Å². The van der Waals surface area contributed by atoms with Gasteiger partial charge in [-0.15, -0.1) is 0 Å². The number of nitrogens with zero attached hydrogens (tertiary/aromatic N) is 3. The quantitative estimate of drug-likeness (QED) is 0.755. The first kappa shape index (κ1) is 21.6. The molecule has 0 bridgehead atoms. The Morgan fingerprint density at radius 2 is 2.00 bits per heavy atom. The number of hydrogen-bond donors (Lipinski definition) is 1. The molecule has 31 heavy (non-hydrogen) atoms. The van der Waals surface area contributed by atoms with Gasteiger partial charge in [-0.05, 0) is 44.8 Å². The van der Waals surface area contributed by atoms with Crippen LogP contribution < -0.4 is 9.47 Å². The molecule has 8 heteroatoms. The van der Waals surface area contributed by atoms with Gasteiger partial charge in [0.2, 0.25) is 5.76 Å². The second-order valence-electron chi connectivity index (χ2n) is 8.37. The predicted octanol–water partition coefficient (Wildman–Crippen LogP) is 2.67. The second-order valence-corrected chi connectivity index (χ2v) is 8.37. The van der Waals surface area contributed by atoms with Crippen LogP contribution in [0.5, 0.6) is 11.5 Å². The zero-order valence-electron chi connectivity index (χ0n) is 18.2. The number of piperidine rings is 2. The summed E-state index contributed by atoms with van der Waals surface area (Å²) in [5.74, 6) is 1.90. The van der Waals surface area contributed by atoms with Crippen LogP contribution in [0.4, 0.5) is 0 Å². The normalized spacial score (nSPS) is 20.6. The first-order valence-corrected chi connectivity index (χ1v) is 10.9. The molecule has 2 aliphatic heterocycles. The van der Waals surface area contributed by atoms with Crippen LogP contribution in [-0.4, -0.2) is 72.5 Å². The van der Waals surface area contributed by atoms with Crippen LogP contribution in [0.3, 0.4) is 0 Å². The topological polar surface area (TPSA) is 88.3 Å². The highest BCUT2D eigenvalue weighted by Crippen LogP contribution is 2.34. The zero-order chi connectivity index (χ0) is 21.8. The summed E-state index contributed by atoms with van der Waals surface area (Å²) in [5, 5.41) is 14.0. The molecule has 1 amide bonds. The number of carbonyl (C=O) groups is 1. The monoisotopic (exact) mass is 429 g/mol. The van der Waals surface area contributed by atoms with Crippen LogP contribution in [0, 0.1) is 0 Å². The van der Waals surface area contributed by atoms with Crippen molar-refractivity contribution in [1.29, 1.82) is 0 Å².